The average Bonchev–Trinajstić information content (AvgIpc) is 3.18. The molecule has 0 bridgehead atoms. The Morgan fingerprint density at radius 1 is 0.971 bits per heavy atom. The Morgan fingerprint density at radius 2 is 1.74 bits per heavy atom. The number of benzene rings is 3. The number of amides is 1. The minimum absolute atomic E-state index is 0.0602. The molecule has 6 heteroatoms. The normalized spacial score (nSPS) is 10.8. The van der Waals surface area contributed by atoms with Crippen molar-refractivity contribution in [1.82, 2.24) is 9.88 Å². The summed E-state index contributed by atoms with van der Waals surface area (Å²) in [5.41, 5.74) is 4.32. The molecule has 0 fully saturated rings. The van der Waals surface area contributed by atoms with E-state index in [1.807, 2.05) is 68.4 Å². The van der Waals surface area contributed by atoms with Gasteiger partial charge in [0.1, 0.15) is 5.75 Å². The number of nitrogens with zero attached hydrogens (tertiary/aromatic N) is 1. The van der Waals surface area contributed by atoms with E-state index in [-0.39, 0.29) is 10.8 Å². The minimum atomic E-state index is -0.102. The molecule has 3 aromatic carbocycles. The van der Waals surface area contributed by atoms with Crippen LogP contribution in [0.5, 0.6) is 5.75 Å². The molecule has 1 N–H and O–H groups in total. The van der Waals surface area contributed by atoms with Gasteiger partial charge in [-0.3, -0.25) is 14.2 Å². The number of carbonyl (C=O) groups is 1. The molecule has 0 aliphatic heterocycles. The van der Waals surface area contributed by atoms with E-state index < -0.39 is 0 Å². The molecular formula is C29H30N2O3S. The van der Waals surface area contributed by atoms with Crippen molar-refractivity contribution >= 4 is 17.2 Å². The fourth-order valence-electron chi connectivity index (χ4n) is 4.11. The van der Waals surface area contributed by atoms with Crippen LogP contribution in [-0.4, -0.2) is 23.6 Å². The van der Waals surface area contributed by atoms with Gasteiger partial charge in [0.15, 0.2) is 0 Å². The number of ether oxygens (including phenoxy) is 1. The molecule has 180 valence electrons. The lowest BCUT2D eigenvalue weighted by Crippen LogP contribution is -2.24. The molecule has 1 heterocycles. The first-order valence-electron chi connectivity index (χ1n) is 11.9. The first kappa shape index (κ1) is 24.5. The molecule has 0 atom stereocenters. The second kappa shape index (κ2) is 11.7. The summed E-state index contributed by atoms with van der Waals surface area (Å²) in [6.45, 7) is 5.09. The van der Waals surface area contributed by atoms with Crippen LogP contribution in [0.3, 0.4) is 0 Å². The molecule has 0 saturated carbocycles. The summed E-state index contributed by atoms with van der Waals surface area (Å²) in [7, 11) is 0. The van der Waals surface area contributed by atoms with Gasteiger partial charge in [-0.25, -0.2) is 0 Å². The van der Waals surface area contributed by atoms with Crippen LogP contribution in [0.1, 0.15) is 40.6 Å². The Labute approximate surface area is 210 Å². The van der Waals surface area contributed by atoms with Crippen molar-refractivity contribution in [3.05, 3.63) is 105 Å². The van der Waals surface area contributed by atoms with Crippen molar-refractivity contribution in [2.24, 2.45) is 0 Å². The van der Waals surface area contributed by atoms with Gasteiger partial charge < -0.3 is 10.1 Å². The van der Waals surface area contributed by atoms with Gasteiger partial charge in [-0.05, 0) is 75.1 Å². The summed E-state index contributed by atoms with van der Waals surface area (Å²) in [5.74, 6) is 0.662. The van der Waals surface area contributed by atoms with Crippen LogP contribution in [0.2, 0.25) is 0 Å². The number of aromatic nitrogens is 1. The predicted octanol–water partition coefficient (Wildman–Crippen LogP) is 6.03. The number of unbranched alkanes of at least 4 members (excludes halogenated alkanes) is 1. The molecule has 0 saturated heterocycles. The number of carbonyl (C=O) groups excluding carboxylic acids is 1. The maximum absolute atomic E-state index is 12.8. The highest BCUT2D eigenvalue weighted by atomic mass is 32.1. The van der Waals surface area contributed by atoms with Crippen molar-refractivity contribution in [3.8, 4) is 22.7 Å². The summed E-state index contributed by atoms with van der Waals surface area (Å²) in [5, 5.41) is 3.03. The van der Waals surface area contributed by atoms with Crippen LogP contribution in [0.4, 0.5) is 0 Å². The van der Waals surface area contributed by atoms with Crippen LogP contribution in [-0.2, 0) is 6.42 Å². The van der Waals surface area contributed by atoms with Gasteiger partial charge in [-0.1, -0.05) is 53.8 Å². The molecule has 4 aromatic rings. The molecule has 5 nitrogen and oxygen atoms in total. The standard InChI is InChI=1S/C29H30N2O3S/c1-3-34-26-17-15-25(16-18-26)31-27(21(2)35-29(31)33)23-13-9-14-24(20-23)28(32)30-19-8-7-12-22-10-5-4-6-11-22/h4-6,9-11,13-18,20H,3,7-8,12,19H2,1-2H3,(H,30,32). The Balaban J connectivity index is 1.46. The second-order valence-electron chi connectivity index (χ2n) is 8.31. The third-order valence-corrected chi connectivity index (χ3v) is 6.66. The third kappa shape index (κ3) is 6.08. The van der Waals surface area contributed by atoms with Gasteiger partial charge in [-0.15, -0.1) is 0 Å². The van der Waals surface area contributed by atoms with Gasteiger partial charge >= 0.3 is 4.87 Å². The van der Waals surface area contributed by atoms with Gasteiger partial charge in [0, 0.05) is 22.5 Å². The zero-order chi connectivity index (χ0) is 24.6. The van der Waals surface area contributed by atoms with E-state index >= 15 is 0 Å². The Bertz CT molecular complexity index is 1320. The Morgan fingerprint density at radius 3 is 2.49 bits per heavy atom. The first-order valence-corrected chi connectivity index (χ1v) is 12.8. The number of hydrogen-bond acceptors (Lipinski definition) is 4. The summed E-state index contributed by atoms with van der Waals surface area (Å²) in [4.78, 5) is 26.5. The Kier molecular flexibility index (Phi) is 8.16. The largest absolute Gasteiger partial charge is 0.494 e. The van der Waals surface area contributed by atoms with E-state index in [1.54, 1.807) is 4.57 Å². The van der Waals surface area contributed by atoms with E-state index in [2.05, 4.69) is 29.6 Å². The summed E-state index contributed by atoms with van der Waals surface area (Å²) >= 11 is 1.21. The molecular weight excluding hydrogens is 456 g/mol. The summed E-state index contributed by atoms with van der Waals surface area (Å²) in [6.07, 6.45) is 2.95. The van der Waals surface area contributed by atoms with E-state index in [9.17, 15) is 9.59 Å². The monoisotopic (exact) mass is 486 g/mol. The number of thiazole rings is 1. The van der Waals surface area contributed by atoms with Crippen molar-refractivity contribution in [3.63, 3.8) is 0 Å². The average molecular weight is 487 g/mol. The van der Waals surface area contributed by atoms with Crippen molar-refractivity contribution < 1.29 is 9.53 Å². The maximum atomic E-state index is 12.8. The quantitative estimate of drug-likeness (QED) is 0.279. The minimum Gasteiger partial charge on any atom is -0.494 e. The van der Waals surface area contributed by atoms with E-state index in [4.69, 9.17) is 4.74 Å². The van der Waals surface area contributed by atoms with Crippen LogP contribution >= 0.6 is 11.3 Å². The van der Waals surface area contributed by atoms with Crippen molar-refractivity contribution in [1.29, 1.82) is 0 Å². The number of nitrogens with one attached hydrogen (secondary N) is 1. The summed E-state index contributed by atoms with van der Waals surface area (Å²) in [6, 6.07) is 25.3. The number of rotatable bonds is 10. The molecule has 35 heavy (non-hydrogen) atoms. The van der Waals surface area contributed by atoms with E-state index in [0.717, 1.165) is 46.8 Å². The smallest absolute Gasteiger partial charge is 0.312 e. The molecule has 1 aromatic heterocycles. The number of aryl methyl sites for hydroxylation is 2. The van der Waals surface area contributed by atoms with Crippen LogP contribution in [0.15, 0.2) is 83.7 Å². The lowest BCUT2D eigenvalue weighted by atomic mass is 10.1. The van der Waals surface area contributed by atoms with Crippen molar-refractivity contribution in [2.45, 2.75) is 33.1 Å². The lowest BCUT2D eigenvalue weighted by molar-refractivity contribution is 0.0953. The maximum Gasteiger partial charge on any atom is 0.312 e. The van der Waals surface area contributed by atoms with Crippen molar-refractivity contribution in [2.75, 3.05) is 13.2 Å². The topological polar surface area (TPSA) is 60.3 Å². The predicted molar refractivity (Wildman–Crippen MR) is 143 cm³/mol. The lowest BCUT2D eigenvalue weighted by Gasteiger charge is -2.12. The fraction of sp³-hybridized carbons (Fsp3) is 0.241. The second-order valence-corrected chi connectivity index (χ2v) is 9.48. The molecule has 4 rings (SSSR count). The zero-order valence-electron chi connectivity index (χ0n) is 20.1. The highest BCUT2D eigenvalue weighted by Gasteiger charge is 2.17. The van der Waals surface area contributed by atoms with Gasteiger partial charge in [-0.2, -0.15) is 0 Å². The third-order valence-electron chi connectivity index (χ3n) is 5.80. The summed E-state index contributed by atoms with van der Waals surface area (Å²) < 4.78 is 7.23. The molecule has 0 spiro atoms. The zero-order valence-corrected chi connectivity index (χ0v) is 20.9. The first-order chi connectivity index (χ1) is 17.1. The highest BCUT2D eigenvalue weighted by Crippen LogP contribution is 2.29. The molecule has 1 amide bonds. The van der Waals surface area contributed by atoms with E-state index in [0.29, 0.717) is 18.7 Å². The van der Waals surface area contributed by atoms with Gasteiger partial charge in [0.25, 0.3) is 5.91 Å². The molecule has 0 radical (unpaired) electrons. The molecule has 0 aliphatic rings. The van der Waals surface area contributed by atoms with Gasteiger partial charge in [0.05, 0.1) is 18.0 Å². The fourth-order valence-corrected chi connectivity index (χ4v) is 4.96. The SMILES string of the molecule is CCOc1ccc(-n2c(-c3cccc(C(=O)NCCCCc4ccccc4)c3)c(C)sc2=O)cc1. The highest BCUT2D eigenvalue weighted by molar-refractivity contribution is 7.09. The Hall–Kier alpha value is -3.64. The molecule has 0 unspecified atom stereocenters. The van der Waals surface area contributed by atoms with Crippen LogP contribution in [0.25, 0.3) is 16.9 Å². The molecule has 0 aliphatic carbocycles. The van der Waals surface area contributed by atoms with E-state index in [1.165, 1.54) is 16.9 Å². The number of hydrogen-bond donors (Lipinski definition) is 1. The van der Waals surface area contributed by atoms with Crippen LogP contribution in [0, 0.1) is 6.92 Å². The van der Waals surface area contributed by atoms with Gasteiger partial charge in [0.2, 0.25) is 0 Å². The van der Waals surface area contributed by atoms with Crippen LogP contribution < -0.4 is 14.9 Å².